The lowest BCUT2D eigenvalue weighted by molar-refractivity contribution is 0.00578. The van der Waals surface area contributed by atoms with E-state index in [1.165, 1.54) is 4.88 Å². The normalized spacial score (nSPS) is 20.3. The summed E-state index contributed by atoms with van der Waals surface area (Å²) in [5.74, 6) is 0. The number of nitrogens with zero attached hydrogens (tertiary/aromatic N) is 1. The predicted octanol–water partition coefficient (Wildman–Crippen LogP) is 3.11. The van der Waals surface area contributed by atoms with Gasteiger partial charge in [-0.2, -0.15) is 0 Å². The molecule has 2 aromatic rings. The average molecular weight is 287 g/mol. The van der Waals surface area contributed by atoms with E-state index in [9.17, 15) is 0 Å². The molecule has 3 nitrogen and oxygen atoms in total. The lowest BCUT2D eigenvalue weighted by atomic mass is 9.88. The van der Waals surface area contributed by atoms with E-state index in [0.717, 1.165) is 10.3 Å². The van der Waals surface area contributed by atoms with Gasteiger partial charge >= 0.3 is 7.12 Å². The lowest BCUT2D eigenvalue weighted by Gasteiger charge is -2.32. The molecule has 0 aromatic carbocycles. The molecule has 1 aliphatic heterocycles. The molecule has 0 atom stereocenters. The van der Waals surface area contributed by atoms with Gasteiger partial charge in [-0.1, -0.05) is 12.1 Å². The predicted molar refractivity (Wildman–Crippen MR) is 83.3 cm³/mol. The first-order valence-electron chi connectivity index (χ1n) is 6.75. The maximum absolute atomic E-state index is 6.07. The molecule has 0 aliphatic carbocycles. The van der Waals surface area contributed by atoms with Gasteiger partial charge in [0, 0.05) is 27.6 Å². The fourth-order valence-electron chi connectivity index (χ4n) is 2.10. The highest BCUT2D eigenvalue weighted by atomic mass is 32.1. The van der Waals surface area contributed by atoms with Gasteiger partial charge in [0.1, 0.15) is 0 Å². The van der Waals surface area contributed by atoms with Crippen LogP contribution in [0.25, 0.3) is 10.4 Å². The second-order valence-corrected chi connectivity index (χ2v) is 7.15. The fourth-order valence-corrected chi connectivity index (χ4v) is 3.06. The molecule has 20 heavy (non-hydrogen) atoms. The van der Waals surface area contributed by atoms with Gasteiger partial charge in [-0.3, -0.25) is 4.98 Å². The molecule has 1 saturated heterocycles. The molecular weight excluding hydrogens is 269 g/mol. The van der Waals surface area contributed by atoms with Crippen molar-refractivity contribution in [3.63, 3.8) is 0 Å². The Morgan fingerprint density at radius 1 is 1.05 bits per heavy atom. The van der Waals surface area contributed by atoms with Gasteiger partial charge in [-0.25, -0.2) is 0 Å². The van der Waals surface area contributed by atoms with E-state index in [1.54, 1.807) is 17.5 Å². The summed E-state index contributed by atoms with van der Waals surface area (Å²) in [4.78, 5) is 5.34. The Bertz CT molecular complexity index is 593. The Morgan fingerprint density at radius 3 is 2.35 bits per heavy atom. The van der Waals surface area contributed by atoms with Gasteiger partial charge < -0.3 is 9.31 Å². The van der Waals surface area contributed by atoms with Crippen molar-refractivity contribution in [2.24, 2.45) is 0 Å². The van der Waals surface area contributed by atoms with Crippen LogP contribution in [0.3, 0.4) is 0 Å². The van der Waals surface area contributed by atoms with Gasteiger partial charge in [0.15, 0.2) is 0 Å². The number of rotatable bonds is 2. The Kier molecular flexibility index (Phi) is 3.24. The SMILES string of the molecule is CC1(C)OB(c2ccc(-c3cccnc3)s2)OC1(C)C. The van der Waals surface area contributed by atoms with E-state index in [1.807, 2.05) is 12.3 Å². The smallest absolute Gasteiger partial charge is 0.399 e. The molecule has 3 rings (SSSR count). The van der Waals surface area contributed by atoms with Crippen molar-refractivity contribution < 1.29 is 9.31 Å². The molecule has 0 bridgehead atoms. The van der Waals surface area contributed by atoms with Crippen LogP contribution in [0.1, 0.15) is 27.7 Å². The summed E-state index contributed by atoms with van der Waals surface area (Å²) >= 11 is 1.69. The van der Waals surface area contributed by atoms with Crippen LogP contribution in [0.2, 0.25) is 0 Å². The van der Waals surface area contributed by atoms with Gasteiger partial charge in [0.25, 0.3) is 0 Å². The third-order valence-corrected chi connectivity index (χ3v) is 5.21. The van der Waals surface area contributed by atoms with Crippen LogP contribution in [-0.4, -0.2) is 23.3 Å². The number of aromatic nitrogens is 1. The van der Waals surface area contributed by atoms with Crippen molar-refractivity contribution in [3.05, 3.63) is 36.7 Å². The van der Waals surface area contributed by atoms with E-state index >= 15 is 0 Å². The van der Waals surface area contributed by atoms with Crippen molar-refractivity contribution in [1.82, 2.24) is 4.98 Å². The zero-order valence-electron chi connectivity index (χ0n) is 12.2. The fraction of sp³-hybridized carbons (Fsp3) is 0.400. The number of hydrogen-bond acceptors (Lipinski definition) is 4. The number of hydrogen-bond donors (Lipinski definition) is 0. The first-order chi connectivity index (χ1) is 9.39. The van der Waals surface area contributed by atoms with E-state index in [0.29, 0.717) is 0 Å². The first-order valence-corrected chi connectivity index (χ1v) is 7.56. The quantitative estimate of drug-likeness (QED) is 0.795. The van der Waals surface area contributed by atoms with E-state index < -0.39 is 0 Å². The number of pyridine rings is 1. The van der Waals surface area contributed by atoms with Crippen molar-refractivity contribution >= 4 is 23.2 Å². The first kappa shape index (κ1) is 13.8. The van der Waals surface area contributed by atoms with Gasteiger partial charge in [-0.15, -0.1) is 11.3 Å². The maximum atomic E-state index is 6.07. The second kappa shape index (κ2) is 4.69. The summed E-state index contributed by atoms with van der Waals surface area (Å²) in [7, 11) is -0.282. The zero-order chi connectivity index (χ0) is 14.4. The van der Waals surface area contributed by atoms with Crippen molar-refractivity contribution in [2.75, 3.05) is 0 Å². The maximum Gasteiger partial charge on any atom is 0.505 e. The molecule has 0 unspecified atom stereocenters. The summed E-state index contributed by atoms with van der Waals surface area (Å²) in [6, 6.07) is 8.19. The second-order valence-electron chi connectivity index (χ2n) is 6.03. The summed E-state index contributed by atoms with van der Waals surface area (Å²) in [5.41, 5.74) is 0.534. The van der Waals surface area contributed by atoms with E-state index in [-0.39, 0.29) is 18.3 Å². The highest BCUT2D eigenvalue weighted by Gasteiger charge is 2.52. The summed E-state index contributed by atoms with van der Waals surface area (Å²) in [6.07, 6.45) is 3.66. The summed E-state index contributed by atoms with van der Waals surface area (Å²) in [6.45, 7) is 8.29. The topological polar surface area (TPSA) is 31.4 Å². The van der Waals surface area contributed by atoms with Crippen LogP contribution >= 0.6 is 11.3 Å². The molecule has 5 heteroatoms. The molecule has 0 spiro atoms. The van der Waals surface area contributed by atoms with Crippen molar-refractivity contribution in [3.8, 4) is 10.4 Å². The molecular formula is C15H18BNO2S. The standard InChI is InChI=1S/C15H18BNO2S/c1-14(2)15(3,4)19-16(18-14)13-8-7-12(20-13)11-6-5-9-17-10-11/h5-10H,1-4H3. The van der Waals surface area contributed by atoms with Gasteiger partial charge in [0.2, 0.25) is 0 Å². The van der Waals surface area contributed by atoms with E-state index in [2.05, 4.69) is 50.9 Å². The molecule has 1 aliphatic rings. The van der Waals surface area contributed by atoms with Crippen LogP contribution in [0.4, 0.5) is 0 Å². The molecule has 3 heterocycles. The largest absolute Gasteiger partial charge is 0.505 e. The minimum absolute atomic E-state index is 0.282. The van der Waals surface area contributed by atoms with Crippen LogP contribution < -0.4 is 4.78 Å². The monoisotopic (exact) mass is 287 g/mol. The molecule has 104 valence electrons. The zero-order valence-corrected chi connectivity index (χ0v) is 13.0. The molecule has 1 fully saturated rings. The molecule has 2 aromatic heterocycles. The van der Waals surface area contributed by atoms with Crippen LogP contribution in [0.5, 0.6) is 0 Å². The Labute approximate surface area is 124 Å². The minimum atomic E-state index is -0.296. The molecule has 0 saturated carbocycles. The summed E-state index contributed by atoms with van der Waals surface area (Å²) < 4.78 is 13.2. The van der Waals surface area contributed by atoms with Crippen LogP contribution in [0.15, 0.2) is 36.7 Å². The van der Waals surface area contributed by atoms with E-state index in [4.69, 9.17) is 9.31 Å². The van der Waals surface area contributed by atoms with Crippen LogP contribution in [-0.2, 0) is 9.31 Å². The molecule has 0 N–H and O–H groups in total. The Hall–Kier alpha value is -1.17. The average Bonchev–Trinajstić information content (AvgIpc) is 2.94. The van der Waals surface area contributed by atoms with Crippen molar-refractivity contribution in [1.29, 1.82) is 0 Å². The highest BCUT2D eigenvalue weighted by Crippen LogP contribution is 2.37. The van der Waals surface area contributed by atoms with Crippen LogP contribution in [0, 0.1) is 0 Å². The third kappa shape index (κ3) is 2.30. The number of thiophene rings is 1. The molecule has 0 amide bonds. The molecule has 0 radical (unpaired) electrons. The Balaban J connectivity index is 1.86. The van der Waals surface area contributed by atoms with Crippen molar-refractivity contribution in [2.45, 2.75) is 38.9 Å². The van der Waals surface area contributed by atoms with Gasteiger partial charge in [0.05, 0.1) is 11.2 Å². The summed E-state index contributed by atoms with van der Waals surface area (Å²) in [5, 5.41) is 0. The highest BCUT2D eigenvalue weighted by molar-refractivity contribution is 7.25. The third-order valence-electron chi connectivity index (χ3n) is 4.06. The lowest BCUT2D eigenvalue weighted by Crippen LogP contribution is -2.41. The van der Waals surface area contributed by atoms with Gasteiger partial charge in [-0.05, 0) is 39.8 Å². The minimum Gasteiger partial charge on any atom is -0.399 e. The Morgan fingerprint density at radius 2 is 1.75 bits per heavy atom.